The molecule has 1 aromatic heterocycles. The molecule has 9 heteroatoms. The number of ether oxygens (including phenoxy) is 1. The van der Waals surface area contributed by atoms with Crippen molar-refractivity contribution in [2.24, 2.45) is 0 Å². The number of aromatic nitrogens is 1. The number of anilines is 1. The summed E-state index contributed by atoms with van der Waals surface area (Å²) in [6.07, 6.45) is 0. The van der Waals surface area contributed by atoms with Gasteiger partial charge in [-0.05, 0) is 48.6 Å². The molecule has 0 fully saturated rings. The molecule has 25 heavy (non-hydrogen) atoms. The van der Waals surface area contributed by atoms with Crippen LogP contribution in [0, 0.1) is 0 Å². The van der Waals surface area contributed by atoms with Crippen LogP contribution in [0.2, 0.25) is 5.02 Å². The number of benzene rings is 2. The zero-order valence-electron chi connectivity index (χ0n) is 12.8. The Morgan fingerprint density at radius 2 is 2.12 bits per heavy atom. The minimum Gasteiger partial charge on any atom is -0.496 e. The third-order valence-corrected chi connectivity index (χ3v) is 5.07. The number of halogens is 2. The first-order valence-electron chi connectivity index (χ1n) is 6.98. The summed E-state index contributed by atoms with van der Waals surface area (Å²) in [5.74, 6) is 0.0814. The molecule has 2 N–H and O–H groups in total. The van der Waals surface area contributed by atoms with Gasteiger partial charge in [-0.1, -0.05) is 38.9 Å². The standard InChI is InChI=1S/C16H11BrClN3O2S2/c1-23-12-5-2-8(17)6-10(12)14(22)20-15(24)21-16-19-11-4-3-9(18)7-13(11)25-16/h2-7H,1H3,(H2,19,20,21,22,24). The second-order valence-electron chi connectivity index (χ2n) is 4.88. The Morgan fingerprint density at radius 1 is 1.32 bits per heavy atom. The number of rotatable bonds is 3. The van der Waals surface area contributed by atoms with Crippen LogP contribution in [0.3, 0.4) is 0 Å². The molecule has 0 saturated heterocycles. The van der Waals surface area contributed by atoms with Crippen molar-refractivity contribution in [2.45, 2.75) is 0 Å². The summed E-state index contributed by atoms with van der Waals surface area (Å²) in [7, 11) is 1.50. The third kappa shape index (κ3) is 4.27. The first kappa shape index (κ1) is 18.1. The molecule has 1 heterocycles. The largest absolute Gasteiger partial charge is 0.496 e. The minimum absolute atomic E-state index is 0.150. The van der Waals surface area contributed by atoms with Crippen LogP contribution < -0.4 is 15.4 Å². The van der Waals surface area contributed by atoms with E-state index in [1.165, 1.54) is 18.4 Å². The van der Waals surface area contributed by atoms with E-state index in [1.807, 2.05) is 12.1 Å². The molecule has 0 bridgehead atoms. The maximum Gasteiger partial charge on any atom is 0.261 e. The van der Waals surface area contributed by atoms with Gasteiger partial charge in [0.15, 0.2) is 10.2 Å². The van der Waals surface area contributed by atoms with Crippen molar-refractivity contribution < 1.29 is 9.53 Å². The van der Waals surface area contributed by atoms with Crippen LogP contribution in [0.1, 0.15) is 10.4 Å². The van der Waals surface area contributed by atoms with E-state index in [2.05, 4.69) is 31.5 Å². The van der Waals surface area contributed by atoms with Crippen molar-refractivity contribution in [3.63, 3.8) is 0 Å². The molecule has 3 aromatic rings. The van der Waals surface area contributed by atoms with Gasteiger partial charge in [-0.15, -0.1) is 0 Å². The van der Waals surface area contributed by atoms with Gasteiger partial charge in [0.25, 0.3) is 5.91 Å². The van der Waals surface area contributed by atoms with E-state index < -0.39 is 0 Å². The monoisotopic (exact) mass is 455 g/mol. The number of methoxy groups -OCH3 is 1. The molecule has 0 aliphatic carbocycles. The van der Waals surface area contributed by atoms with Gasteiger partial charge in [0, 0.05) is 9.50 Å². The Hall–Kier alpha value is -1.74. The number of thiocarbonyl (C=S) groups is 1. The second kappa shape index (κ2) is 7.65. The number of carbonyl (C=O) groups excluding carboxylic acids is 1. The fraction of sp³-hybridized carbons (Fsp3) is 0.0625. The van der Waals surface area contributed by atoms with Crippen LogP contribution in [0.5, 0.6) is 5.75 Å². The first-order valence-corrected chi connectivity index (χ1v) is 9.38. The highest BCUT2D eigenvalue weighted by molar-refractivity contribution is 9.10. The number of carbonyl (C=O) groups is 1. The normalized spacial score (nSPS) is 10.5. The van der Waals surface area contributed by atoms with E-state index in [4.69, 9.17) is 28.6 Å². The summed E-state index contributed by atoms with van der Waals surface area (Å²) in [6, 6.07) is 10.6. The van der Waals surface area contributed by atoms with Gasteiger partial charge in [-0.25, -0.2) is 4.98 Å². The molecule has 0 spiro atoms. The number of hydrogen-bond acceptors (Lipinski definition) is 5. The number of nitrogens with one attached hydrogen (secondary N) is 2. The predicted octanol–water partition coefficient (Wildman–Crippen LogP) is 4.85. The lowest BCUT2D eigenvalue weighted by Gasteiger charge is -2.10. The number of thiazole rings is 1. The molecule has 0 radical (unpaired) electrons. The Balaban J connectivity index is 1.73. The van der Waals surface area contributed by atoms with Crippen LogP contribution in [-0.4, -0.2) is 23.1 Å². The van der Waals surface area contributed by atoms with Crippen LogP contribution >= 0.6 is 51.1 Å². The number of fused-ring (bicyclic) bond motifs is 1. The quantitative estimate of drug-likeness (QED) is 0.552. The van der Waals surface area contributed by atoms with Gasteiger partial charge in [0.1, 0.15) is 5.75 Å². The van der Waals surface area contributed by atoms with Crippen LogP contribution in [0.4, 0.5) is 5.13 Å². The Labute approximate surface area is 166 Å². The van der Waals surface area contributed by atoms with E-state index in [0.717, 1.165) is 14.7 Å². The van der Waals surface area contributed by atoms with E-state index in [1.54, 1.807) is 24.3 Å². The molecule has 3 rings (SSSR count). The molecule has 5 nitrogen and oxygen atoms in total. The smallest absolute Gasteiger partial charge is 0.261 e. The summed E-state index contributed by atoms with van der Waals surface area (Å²) in [6.45, 7) is 0. The van der Waals surface area contributed by atoms with E-state index in [9.17, 15) is 4.79 Å². The van der Waals surface area contributed by atoms with Crippen molar-refractivity contribution in [1.29, 1.82) is 0 Å². The van der Waals surface area contributed by atoms with Gasteiger partial charge in [-0.2, -0.15) is 0 Å². The van der Waals surface area contributed by atoms with Crippen LogP contribution in [0.15, 0.2) is 40.9 Å². The van der Waals surface area contributed by atoms with E-state index >= 15 is 0 Å². The van der Waals surface area contributed by atoms with Crippen molar-refractivity contribution in [3.05, 3.63) is 51.5 Å². The highest BCUT2D eigenvalue weighted by Gasteiger charge is 2.15. The minimum atomic E-state index is -0.375. The molecule has 2 aromatic carbocycles. The van der Waals surface area contributed by atoms with Gasteiger partial charge in [-0.3, -0.25) is 10.1 Å². The lowest BCUT2D eigenvalue weighted by Crippen LogP contribution is -2.34. The zero-order valence-corrected chi connectivity index (χ0v) is 16.8. The number of hydrogen-bond donors (Lipinski definition) is 2. The topological polar surface area (TPSA) is 63.2 Å². The molecule has 0 aliphatic heterocycles. The molecule has 0 unspecified atom stereocenters. The molecular weight excluding hydrogens is 446 g/mol. The first-order chi connectivity index (χ1) is 12.0. The van der Waals surface area contributed by atoms with Gasteiger partial charge >= 0.3 is 0 Å². The summed E-state index contributed by atoms with van der Waals surface area (Å²) in [5, 5.41) is 6.90. The van der Waals surface area contributed by atoms with E-state index in [-0.39, 0.29) is 11.0 Å². The van der Waals surface area contributed by atoms with Crippen molar-refractivity contribution in [2.75, 3.05) is 12.4 Å². The maximum absolute atomic E-state index is 12.4. The van der Waals surface area contributed by atoms with Gasteiger partial charge in [0.2, 0.25) is 0 Å². The summed E-state index contributed by atoms with van der Waals surface area (Å²) < 4.78 is 6.90. The fourth-order valence-electron chi connectivity index (χ4n) is 2.11. The van der Waals surface area contributed by atoms with Gasteiger partial charge < -0.3 is 10.1 Å². The predicted molar refractivity (Wildman–Crippen MR) is 109 cm³/mol. The molecule has 128 valence electrons. The Bertz CT molecular complexity index is 977. The highest BCUT2D eigenvalue weighted by atomic mass is 79.9. The molecular formula is C16H11BrClN3O2S2. The average Bonchev–Trinajstić information content (AvgIpc) is 2.95. The lowest BCUT2D eigenvalue weighted by molar-refractivity contribution is 0.0974. The molecule has 0 atom stereocenters. The van der Waals surface area contributed by atoms with Crippen LogP contribution in [0.25, 0.3) is 10.2 Å². The number of nitrogens with zero attached hydrogens (tertiary/aromatic N) is 1. The summed E-state index contributed by atoms with van der Waals surface area (Å²) >= 11 is 15.9. The van der Waals surface area contributed by atoms with Crippen molar-refractivity contribution in [1.82, 2.24) is 10.3 Å². The second-order valence-corrected chi connectivity index (χ2v) is 7.67. The molecule has 0 saturated carbocycles. The van der Waals surface area contributed by atoms with Gasteiger partial charge in [0.05, 0.1) is 22.9 Å². The lowest BCUT2D eigenvalue weighted by atomic mass is 10.2. The maximum atomic E-state index is 12.4. The fourth-order valence-corrected chi connectivity index (χ4v) is 3.87. The SMILES string of the molecule is COc1ccc(Br)cc1C(=O)NC(=S)Nc1nc2ccc(Cl)cc2s1. The molecule has 0 aliphatic rings. The zero-order chi connectivity index (χ0) is 18.0. The average molecular weight is 457 g/mol. The highest BCUT2D eigenvalue weighted by Crippen LogP contribution is 2.28. The van der Waals surface area contributed by atoms with Crippen molar-refractivity contribution >= 4 is 77.5 Å². The molecule has 1 amide bonds. The Kier molecular flexibility index (Phi) is 5.53. The van der Waals surface area contributed by atoms with E-state index in [0.29, 0.717) is 21.5 Å². The summed E-state index contributed by atoms with van der Waals surface area (Å²) in [4.78, 5) is 16.8. The Morgan fingerprint density at radius 3 is 2.88 bits per heavy atom. The number of amides is 1. The van der Waals surface area contributed by atoms with Crippen LogP contribution in [-0.2, 0) is 0 Å². The third-order valence-electron chi connectivity index (χ3n) is 3.20. The van der Waals surface area contributed by atoms with Crippen molar-refractivity contribution in [3.8, 4) is 5.75 Å². The summed E-state index contributed by atoms with van der Waals surface area (Å²) in [5.41, 5.74) is 1.18.